The molecule has 68 valence electrons. The van der Waals surface area contributed by atoms with Gasteiger partial charge in [0, 0.05) is 11.1 Å². The summed E-state index contributed by atoms with van der Waals surface area (Å²) < 4.78 is 0. The van der Waals surface area contributed by atoms with Gasteiger partial charge in [-0.3, -0.25) is 4.79 Å². The molecule has 2 rings (SSSR count). The summed E-state index contributed by atoms with van der Waals surface area (Å²) in [6.07, 6.45) is 0. The van der Waals surface area contributed by atoms with Crippen LogP contribution in [0.25, 0.3) is 0 Å². The maximum Gasteiger partial charge on any atom is 0.193 e. The fourth-order valence-corrected chi connectivity index (χ4v) is 1.35. The van der Waals surface area contributed by atoms with Gasteiger partial charge < -0.3 is 0 Å². The van der Waals surface area contributed by atoms with E-state index in [1.165, 1.54) is 0 Å². The van der Waals surface area contributed by atoms with Gasteiger partial charge in [-0.25, -0.2) is 0 Å². The first-order valence-corrected chi connectivity index (χ1v) is 4.53. The molecular formula is C13H10O. The van der Waals surface area contributed by atoms with Crippen molar-refractivity contribution in [1.82, 2.24) is 0 Å². The Kier molecular flexibility index (Phi) is 2.41. The van der Waals surface area contributed by atoms with Crippen LogP contribution in [0, 0.1) is 0 Å². The van der Waals surface area contributed by atoms with E-state index in [2.05, 4.69) is 0 Å². The average Bonchev–Trinajstić information content (AvgIpc) is 2.30. The van der Waals surface area contributed by atoms with E-state index in [1.54, 1.807) is 0 Å². The smallest absolute Gasteiger partial charge is 0.193 e. The third-order valence-corrected chi connectivity index (χ3v) is 2.07. The summed E-state index contributed by atoms with van der Waals surface area (Å²) in [6.45, 7) is 0. The molecule has 0 aromatic heterocycles. The number of benzene rings is 2. The summed E-state index contributed by atoms with van der Waals surface area (Å²) in [5, 5.41) is 0. The molecule has 0 heterocycles. The van der Waals surface area contributed by atoms with E-state index in [4.69, 9.17) is 0 Å². The highest BCUT2D eigenvalue weighted by molar-refractivity contribution is 6.08. The van der Waals surface area contributed by atoms with Crippen molar-refractivity contribution in [3.05, 3.63) is 71.8 Å². The second-order valence-corrected chi connectivity index (χ2v) is 3.06. The Hall–Kier alpha value is -1.89. The molecule has 0 saturated heterocycles. The predicted molar refractivity (Wildman–Crippen MR) is 56.3 cm³/mol. The van der Waals surface area contributed by atoms with E-state index in [9.17, 15) is 4.79 Å². The molecule has 0 aliphatic carbocycles. The van der Waals surface area contributed by atoms with Gasteiger partial charge in [0.25, 0.3) is 0 Å². The van der Waals surface area contributed by atoms with Crippen LogP contribution in [0.1, 0.15) is 15.9 Å². The Morgan fingerprint density at radius 2 is 1.00 bits per heavy atom. The Morgan fingerprint density at radius 1 is 0.643 bits per heavy atom. The quantitative estimate of drug-likeness (QED) is 0.651. The summed E-state index contributed by atoms with van der Waals surface area (Å²) >= 11 is 0. The van der Waals surface area contributed by atoms with E-state index in [0.29, 0.717) is 0 Å². The van der Waals surface area contributed by atoms with Crippen LogP contribution in [0.2, 0.25) is 0 Å². The van der Waals surface area contributed by atoms with Crippen molar-refractivity contribution in [2.24, 2.45) is 0 Å². The van der Waals surface area contributed by atoms with Gasteiger partial charge in [0.15, 0.2) is 5.78 Å². The van der Waals surface area contributed by atoms with Crippen molar-refractivity contribution in [3.8, 4) is 0 Å². The molecule has 0 fully saturated rings. The lowest BCUT2D eigenvalue weighted by atomic mass is 9.70. The van der Waals surface area contributed by atoms with Crippen LogP contribution < -0.4 is 0 Å². The highest BCUT2D eigenvalue weighted by atomic mass is 16.1. The van der Waals surface area contributed by atoms with Crippen LogP contribution >= 0.6 is 0 Å². The number of hydrogen-bond donors (Lipinski definition) is 0. The molecule has 0 atom stereocenters. The lowest BCUT2D eigenvalue weighted by Crippen LogP contribution is -1.99. The first kappa shape index (κ1) is 8.70. The van der Waals surface area contributed by atoms with Crippen LogP contribution in [0.15, 0.2) is 60.7 Å². The number of rotatable bonds is 2. The molecule has 0 aliphatic heterocycles. The fraction of sp³-hybridized carbons (Fsp3) is 0. The minimum atomic E-state index is 0.0752. The fourth-order valence-electron chi connectivity index (χ4n) is 1.35. The molecule has 0 saturated carbocycles. The third-order valence-electron chi connectivity index (χ3n) is 2.07. The molecule has 0 amide bonds. The van der Waals surface area contributed by atoms with Crippen molar-refractivity contribution in [2.75, 3.05) is 0 Å². The van der Waals surface area contributed by atoms with Crippen molar-refractivity contribution in [3.63, 3.8) is 0 Å². The molecule has 0 radical (unpaired) electrons. The number of carbonyl (C=O) groups excluding carboxylic acids is 1. The molecule has 0 unspecified atom stereocenters. The van der Waals surface area contributed by atoms with E-state index < -0.39 is 0 Å². The minimum Gasteiger partial charge on any atom is -0.289 e. The van der Waals surface area contributed by atoms with Gasteiger partial charge in [0.2, 0.25) is 0 Å². The molecule has 14 heavy (non-hydrogen) atoms. The largest absolute Gasteiger partial charge is 0.289 e. The second-order valence-electron chi connectivity index (χ2n) is 3.06. The van der Waals surface area contributed by atoms with E-state index >= 15 is 0 Å². The van der Waals surface area contributed by atoms with Crippen molar-refractivity contribution < 1.29 is 4.79 Å². The van der Waals surface area contributed by atoms with E-state index in [0.717, 1.165) is 11.1 Å². The highest BCUT2D eigenvalue weighted by Gasteiger charge is 2.06. The Labute approximate surface area is 83.0 Å². The Morgan fingerprint density at radius 3 is 1.36 bits per heavy atom. The molecule has 0 aliphatic rings. The molecular weight excluding hydrogens is 171 g/mol. The van der Waals surface area contributed by atoms with Gasteiger partial charge >= 0.3 is 0 Å². The molecule has 0 spiro atoms. The summed E-state index contributed by atoms with van der Waals surface area (Å²) in [4.78, 5) is 11.8. The van der Waals surface area contributed by atoms with Gasteiger partial charge in [0.05, 0.1) is 0 Å². The van der Waals surface area contributed by atoms with Gasteiger partial charge in [-0.05, 0) is 0 Å². The van der Waals surface area contributed by atoms with Gasteiger partial charge in [0.1, 0.15) is 0 Å². The summed E-state index contributed by atoms with van der Waals surface area (Å²) in [6, 6.07) is 18.6. The first-order valence-electron chi connectivity index (χ1n) is 4.53. The maximum atomic E-state index is 11.8. The van der Waals surface area contributed by atoms with E-state index in [1.807, 2.05) is 60.7 Å². The monoisotopic (exact) mass is 181 g/mol. The lowest BCUT2D eigenvalue weighted by molar-refractivity contribution is 0.103. The SMILES string of the molecule is O=[11C](c1ccccc1)c1ccccc1. The van der Waals surface area contributed by atoms with Crippen molar-refractivity contribution in [1.29, 1.82) is 0 Å². The number of ketones is 1. The van der Waals surface area contributed by atoms with Gasteiger partial charge in [-0.1, -0.05) is 60.7 Å². The topological polar surface area (TPSA) is 17.1 Å². The predicted octanol–water partition coefficient (Wildman–Crippen LogP) is 2.92. The summed E-state index contributed by atoms with van der Waals surface area (Å²) in [5.74, 6) is 0.0752. The normalized spacial score (nSPS) is 9.71. The summed E-state index contributed by atoms with van der Waals surface area (Å²) in [5.41, 5.74) is 1.47. The average molecular weight is 181 g/mol. The molecule has 2 aromatic carbocycles. The molecule has 0 bridgehead atoms. The first-order chi connectivity index (χ1) is 6.88. The summed E-state index contributed by atoms with van der Waals surface area (Å²) in [7, 11) is 0. The zero-order valence-electron chi connectivity index (χ0n) is 7.68. The van der Waals surface area contributed by atoms with Crippen LogP contribution in [0.4, 0.5) is 0 Å². The lowest BCUT2D eigenvalue weighted by Gasteiger charge is -1.99. The van der Waals surface area contributed by atoms with Gasteiger partial charge in [-0.2, -0.15) is 0 Å². The Balaban J connectivity index is 2.35. The van der Waals surface area contributed by atoms with Crippen LogP contribution in [-0.4, -0.2) is 5.78 Å². The van der Waals surface area contributed by atoms with E-state index in [-0.39, 0.29) is 5.78 Å². The van der Waals surface area contributed by atoms with Crippen molar-refractivity contribution in [2.45, 2.75) is 0 Å². The standard InChI is InChI=1S/C13H10O/c14-13(11-7-3-1-4-8-11)12-9-5-2-6-10-12/h1-10H/i13-1. The minimum absolute atomic E-state index is 0.0752. The third kappa shape index (κ3) is 1.72. The zero-order chi connectivity index (χ0) is 9.80. The second kappa shape index (κ2) is 3.88. The van der Waals surface area contributed by atoms with Crippen LogP contribution in [0.3, 0.4) is 0 Å². The molecule has 1 heteroatoms. The molecule has 0 N–H and O–H groups in total. The Bertz CT molecular complexity index is 376. The molecule has 1 nitrogen and oxygen atoms in total. The van der Waals surface area contributed by atoms with Crippen LogP contribution in [0.5, 0.6) is 0 Å². The maximum absolute atomic E-state index is 11.8. The zero-order valence-corrected chi connectivity index (χ0v) is 7.68. The molecule has 2 aromatic rings. The van der Waals surface area contributed by atoms with Crippen LogP contribution in [-0.2, 0) is 0 Å². The number of carbonyl (C=O) groups is 1. The van der Waals surface area contributed by atoms with Crippen molar-refractivity contribution >= 4 is 5.78 Å². The number of hydrogen-bond acceptors (Lipinski definition) is 1. The highest BCUT2D eigenvalue weighted by Crippen LogP contribution is 2.08. The van der Waals surface area contributed by atoms with Gasteiger partial charge in [-0.15, -0.1) is 0 Å².